The van der Waals surface area contributed by atoms with Crippen LogP contribution in [0.25, 0.3) is 16.1 Å². The molecule has 1 aliphatic rings. The smallest absolute Gasteiger partial charge is 0.418 e. The molecule has 3 aromatic rings. The second-order valence-corrected chi connectivity index (χ2v) is 5.34. The van der Waals surface area contributed by atoms with E-state index in [1.165, 1.54) is 22.3 Å². The van der Waals surface area contributed by atoms with Crippen LogP contribution >= 0.6 is 0 Å². The fourth-order valence-corrected chi connectivity index (χ4v) is 2.52. The fourth-order valence-electron chi connectivity index (χ4n) is 2.52. The number of halogens is 4. The quantitative estimate of drug-likeness (QED) is 0.200. The van der Waals surface area contributed by atoms with Gasteiger partial charge in [-0.1, -0.05) is 48.5 Å². The van der Waals surface area contributed by atoms with Crippen LogP contribution in [-0.2, 0) is 6.42 Å². The van der Waals surface area contributed by atoms with Crippen LogP contribution in [0.2, 0.25) is 0 Å². The summed E-state index contributed by atoms with van der Waals surface area (Å²) in [6, 6.07) is 26.8. The van der Waals surface area contributed by atoms with Crippen LogP contribution in [0.5, 0.6) is 0 Å². The summed E-state index contributed by atoms with van der Waals surface area (Å²) in [5.41, 5.74) is 6.31. The Morgan fingerprint density at radius 2 is 1.19 bits per heavy atom. The van der Waals surface area contributed by atoms with E-state index >= 15 is 0 Å². The van der Waals surface area contributed by atoms with Crippen molar-refractivity contribution in [3.8, 4) is 11.1 Å². The zero-order valence-corrected chi connectivity index (χ0v) is 13.6. The fraction of sp³-hybridized carbons (Fsp3) is 0.0526. The molecular formula is C19H14BF4N2. The number of hydrogen-bond acceptors (Lipinski definition) is 1. The lowest BCUT2D eigenvalue weighted by molar-refractivity contribution is 0.368. The van der Waals surface area contributed by atoms with E-state index in [-0.39, 0.29) is 0 Å². The highest BCUT2D eigenvalue weighted by atomic mass is 19.5. The molecule has 0 saturated heterocycles. The van der Waals surface area contributed by atoms with Gasteiger partial charge in [0.2, 0.25) is 5.39 Å². The highest BCUT2D eigenvalue weighted by Crippen LogP contribution is 2.35. The summed E-state index contributed by atoms with van der Waals surface area (Å²) >= 11 is 0. The van der Waals surface area contributed by atoms with Crippen molar-refractivity contribution >= 4 is 12.9 Å². The molecule has 3 aromatic carbocycles. The van der Waals surface area contributed by atoms with Crippen LogP contribution in [0.3, 0.4) is 0 Å². The molecule has 0 unspecified atom stereocenters. The Morgan fingerprint density at radius 1 is 0.769 bits per heavy atom. The molecular weight excluding hydrogens is 343 g/mol. The summed E-state index contributed by atoms with van der Waals surface area (Å²) in [6.07, 6.45) is 1.10. The van der Waals surface area contributed by atoms with Gasteiger partial charge in [0.05, 0.1) is 0 Å². The number of nitrogens with zero attached hydrogens (tertiary/aromatic N) is 2. The topological polar surface area (TPSA) is 28.1 Å². The number of hydrogen-bond donors (Lipinski definition) is 0. The molecule has 1 aliphatic carbocycles. The van der Waals surface area contributed by atoms with E-state index in [4.69, 9.17) is 5.39 Å². The molecule has 0 amide bonds. The average molecular weight is 357 g/mol. The molecule has 0 aromatic heterocycles. The Morgan fingerprint density at radius 3 is 1.58 bits per heavy atom. The highest BCUT2D eigenvalue weighted by Gasteiger charge is 2.20. The van der Waals surface area contributed by atoms with E-state index in [0.29, 0.717) is 5.69 Å². The summed E-state index contributed by atoms with van der Waals surface area (Å²) in [5, 5.41) is 8.15. The third-order valence-electron chi connectivity index (χ3n) is 3.52. The predicted octanol–water partition coefficient (Wildman–Crippen LogP) is 6.53. The summed E-state index contributed by atoms with van der Waals surface area (Å²) < 4.78 is 39.0. The molecule has 0 atom stereocenters. The van der Waals surface area contributed by atoms with Crippen LogP contribution in [-0.4, -0.2) is 7.25 Å². The largest absolute Gasteiger partial charge is 0.673 e. The van der Waals surface area contributed by atoms with Gasteiger partial charge in [-0.05, 0) is 46.9 Å². The minimum Gasteiger partial charge on any atom is -0.418 e. The second kappa shape index (κ2) is 8.81. The van der Waals surface area contributed by atoms with Crippen LogP contribution in [0, 0.1) is 11.5 Å². The highest BCUT2D eigenvalue weighted by molar-refractivity contribution is 6.50. The third-order valence-corrected chi connectivity index (χ3v) is 3.52. The van der Waals surface area contributed by atoms with E-state index in [1.54, 1.807) is 24.3 Å². The molecule has 0 fully saturated rings. The number of benzene rings is 3. The van der Waals surface area contributed by atoms with Crippen molar-refractivity contribution in [1.82, 2.24) is 0 Å². The van der Waals surface area contributed by atoms with Crippen LogP contribution in [0.4, 0.5) is 23.0 Å². The first-order chi connectivity index (χ1) is 12.4. The Labute approximate surface area is 148 Å². The van der Waals surface area contributed by atoms with Crippen LogP contribution < -0.4 is 0 Å². The van der Waals surface area contributed by atoms with Gasteiger partial charge in [0.15, 0.2) is 4.98 Å². The molecule has 131 valence electrons. The Hall–Kier alpha value is -3.14. The Kier molecular flexibility index (Phi) is 6.51. The monoisotopic (exact) mass is 357 g/mol. The van der Waals surface area contributed by atoms with E-state index in [0.717, 1.165) is 6.42 Å². The van der Waals surface area contributed by atoms with Gasteiger partial charge in [-0.3, -0.25) is 0 Å². The maximum atomic E-state index is 9.75. The molecule has 0 bridgehead atoms. The number of diazo groups is 1. The Bertz CT molecular complexity index is 840. The summed E-state index contributed by atoms with van der Waals surface area (Å²) in [5.74, 6) is 0. The lowest BCUT2D eigenvalue weighted by Crippen LogP contribution is -2.02. The Balaban J connectivity index is 0.000000161. The summed E-state index contributed by atoms with van der Waals surface area (Å²) in [6.45, 7) is 0. The number of rotatable bonds is 0. The first kappa shape index (κ1) is 19.2. The van der Waals surface area contributed by atoms with Gasteiger partial charge in [0.25, 0.3) is 0 Å². The zero-order chi connectivity index (χ0) is 19.0. The van der Waals surface area contributed by atoms with Gasteiger partial charge in [0, 0.05) is 12.1 Å². The van der Waals surface area contributed by atoms with Crippen molar-refractivity contribution in [3.63, 3.8) is 0 Å². The third kappa shape index (κ3) is 6.06. The number of fused-ring (bicyclic) bond motifs is 3. The van der Waals surface area contributed by atoms with Gasteiger partial charge < -0.3 is 17.3 Å². The average Bonchev–Trinajstić information content (AvgIpc) is 3.00. The minimum absolute atomic E-state index is 0.559. The summed E-state index contributed by atoms with van der Waals surface area (Å²) in [4.78, 5) is 2.95. The molecule has 0 N–H and O–H groups in total. The normalized spacial score (nSPS) is 10.9. The van der Waals surface area contributed by atoms with E-state index in [1.807, 2.05) is 0 Å². The molecule has 0 spiro atoms. The molecule has 1 radical (unpaired) electrons. The maximum Gasteiger partial charge on any atom is 0.673 e. The lowest BCUT2D eigenvalue weighted by Gasteiger charge is -1.98. The lowest BCUT2D eigenvalue weighted by atomic mass is 10.1. The van der Waals surface area contributed by atoms with Gasteiger partial charge in [-0.15, -0.1) is 0 Å². The second-order valence-electron chi connectivity index (χ2n) is 5.34. The predicted molar refractivity (Wildman–Crippen MR) is 94.9 cm³/mol. The van der Waals surface area contributed by atoms with E-state index < -0.39 is 7.25 Å². The first-order valence-corrected chi connectivity index (χ1v) is 7.73. The maximum absolute atomic E-state index is 9.75. The van der Waals surface area contributed by atoms with Gasteiger partial charge in [-0.25, -0.2) is 0 Å². The first-order valence-electron chi connectivity index (χ1n) is 7.73. The van der Waals surface area contributed by atoms with Gasteiger partial charge >= 0.3 is 12.9 Å². The summed E-state index contributed by atoms with van der Waals surface area (Å²) in [7, 11) is -6.00. The molecule has 7 heteroatoms. The van der Waals surface area contributed by atoms with E-state index in [9.17, 15) is 17.3 Å². The molecule has 0 saturated carbocycles. The van der Waals surface area contributed by atoms with Crippen molar-refractivity contribution in [3.05, 3.63) is 95.0 Å². The minimum atomic E-state index is -6.00. The standard InChI is InChI=1S/C13H10.C6H4N2.BF4/c1-3-7-12-10(5-1)9-11-6-2-4-8-13(11)12;7-8-6-4-2-1-3-5-6;2-1(3,4)5/h1-8H,9H2;2-5H;/q;+1;-1. The van der Waals surface area contributed by atoms with Crippen molar-refractivity contribution < 1.29 is 17.3 Å². The molecule has 2 nitrogen and oxygen atoms in total. The SMILES string of the molecule is F[B-](F)(F)F.N#[N+]c1cc[c]cc1.c1ccc2c(c1)Cc1ccccc1-2. The van der Waals surface area contributed by atoms with E-state index in [2.05, 4.69) is 59.6 Å². The van der Waals surface area contributed by atoms with Crippen LogP contribution in [0.1, 0.15) is 11.1 Å². The molecule has 4 rings (SSSR count). The van der Waals surface area contributed by atoms with Gasteiger partial charge in [-0.2, -0.15) is 0 Å². The molecule has 0 heterocycles. The van der Waals surface area contributed by atoms with Crippen molar-refractivity contribution in [1.29, 1.82) is 5.39 Å². The molecule has 26 heavy (non-hydrogen) atoms. The van der Waals surface area contributed by atoms with Crippen molar-refractivity contribution in [2.75, 3.05) is 0 Å². The van der Waals surface area contributed by atoms with Crippen molar-refractivity contribution in [2.45, 2.75) is 6.42 Å². The van der Waals surface area contributed by atoms with Gasteiger partial charge in [0.1, 0.15) is 0 Å². The van der Waals surface area contributed by atoms with Crippen LogP contribution in [0.15, 0.2) is 72.8 Å². The van der Waals surface area contributed by atoms with Crippen molar-refractivity contribution in [2.24, 2.45) is 0 Å². The molecule has 0 aliphatic heterocycles. The zero-order valence-electron chi connectivity index (χ0n) is 13.6.